The molecule has 1 rings (SSSR count). The van der Waals surface area contributed by atoms with Gasteiger partial charge in [-0.1, -0.05) is 19.1 Å². The van der Waals surface area contributed by atoms with Gasteiger partial charge in [0.15, 0.2) is 18.1 Å². The summed E-state index contributed by atoms with van der Waals surface area (Å²) in [6.07, 6.45) is 1.07. The Morgan fingerprint density at radius 3 is 2.67 bits per heavy atom. The number of hydrogen-bond acceptors (Lipinski definition) is 4. The minimum atomic E-state index is -0.128. The molecule has 5 heteroatoms. The normalized spacial score (nSPS) is 10.2. The lowest BCUT2D eigenvalue weighted by Crippen LogP contribution is -2.28. The third-order valence-corrected chi connectivity index (χ3v) is 2.82. The Kier molecular flexibility index (Phi) is 8.28. The van der Waals surface area contributed by atoms with Gasteiger partial charge in [-0.05, 0) is 32.9 Å². The molecular weight excluding hydrogens is 268 g/mol. The van der Waals surface area contributed by atoms with Crippen LogP contribution in [0.3, 0.4) is 0 Å². The molecule has 0 bridgehead atoms. The van der Waals surface area contributed by atoms with Crippen molar-refractivity contribution in [2.75, 3.05) is 26.3 Å². The van der Waals surface area contributed by atoms with E-state index in [0.717, 1.165) is 18.5 Å². The second-order valence-electron chi connectivity index (χ2n) is 4.60. The van der Waals surface area contributed by atoms with Crippen molar-refractivity contribution < 1.29 is 14.3 Å². The summed E-state index contributed by atoms with van der Waals surface area (Å²) in [5, 5.41) is 6.06. The first kappa shape index (κ1) is 17.3. The van der Waals surface area contributed by atoms with Crippen molar-refractivity contribution in [2.24, 2.45) is 0 Å². The largest absolute Gasteiger partial charge is 0.490 e. The highest BCUT2D eigenvalue weighted by molar-refractivity contribution is 5.77. The van der Waals surface area contributed by atoms with E-state index in [1.165, 1.54) is 0 Å². The topological polar surface area (TPSA) is 59.6 Å². The van der Waals surface area contributed by atoms with Crippen molar-refractivity contribution in [3.63, 3.8) is 0 Å². The van der Waals surface area contributed by atoms with Crippen molar-refractivity contribution in [1.82, 2.24) is 10.6 Å². The van der Waals surface area contributed by atoms with Gasteiger partial charge >= 0.3 is 0 Å². The maximum atomic E-state index is 11.6. The van der Waals surface area contributed by atoms with E-state index in [4.69, 9.17) is 9.47 Å². The van der Waals surface area contributed by atoms with Crippen LogP contribution < -0.4 is 20.1 Å². The fourth-order valence-electron chi connectivity index (χ4n) is 1.92. The van der Waals surface area contributed by atoms with Crippen LogP contribution in [-0.2, 0) is 11.3 Å². The van der Waals surface area contributed by atoms with Crippen LogP contribution in [0.5, 0.6) is 11.5 Å². The number of carbonyl (C=O) groups is 1. The van der Waals surface area contributed by atoms with E-state index in [9.17, 15) is 4.79 Å². The Balaban J connectivity index is 2.80. The Bertz CT molecular complexity index is 436. The molecule has 1 aromatic carbocycles. The number of likely N-dealkylation sites (N-methyl/N-ethyl adjacent to an activating group) is 1. The molecule has 0 aromatic heterocycles. The fourth-order valence-corrected chi connectivity index (χ4v) is 1.92. The van der Waals surface area contributed by atoms with Crippen LogP contribution >= 0.6 is 0 Å². The smallest absolute Gasteiger partial charge is 0.257 e. The summed E-state index contributed by atoms with van der Waals surface area (Å²) in [4.78, 5) is 11.6. The number of amides is 1. The highest BCUT2D eigenvalue weighted by Gasteiger charge is 2.12. The van der Waals surface area contributed by atoms with Gasteiger partial charge < -0.3 is 20.1 Å². The maximum Gasteiger partial charge on any atom is 0.257 e. The third kappa shape index (κ3) is 6.04. The number of ether oxygens (including phenoxy) is 2. The van der Waals surface area contributed by atoms with Gasteiger partial charge in [0.25, 0.3) is 5.91 Å². The summed E-state index contributed by atoms with van der Waals surface area (Å²) in [6.45, 7) is 8.72. The molecule has 0 fully saturated rings. The summed E-state index contributed by atoms with van der Waals surface area (Å²) in [7, 11) is 0. The standard InChI is InChI=1S/C16H26N2O3/c1-4-10-17-11-13-8-7-9-14(20-6-3)16(13)21-12-15(19)18-5-2/h7-9,17H,4-6,10-12H2,1-3H3,(H,18,19). The first-order valence-corrected chi connectivity index (χ1v) is 7.57. The van der Waals surface area contributed by atoms with Gasteiger partial charge in [-0.2, -0.15) is 0 Å². The fraction of sp³-hybridized carbons (Fsp3) is 0.562. The first-order chi connectivity index (χ1) is 10.2. The molecule has 0 aliphatic rings. The van der Waals surface area contributed by atoms with Crippen LogP contribution in [0.25, 0.3) is 0 Å². The summed E-state index contributed by atoms with van der Waals surface area (Å²) < 4.78 is 11.3. The van der Waals surface area contributed by atoms with Gasteiger partial charge in [0, 0.05) is 18.7 Å². The third-order valence-electron chi connectivity index (χ3n) is 2.82. The molecule has 0 aliphatic carbocycles. The highest BCUT2D eigenvalue weighted by Crippen LogP contribution is 2.31. The maximum absolute atomic E-state index is 11.6. The summed E-state index contributed by atoms with van der Waals surface area (Å²) in [6, 6.07) is 5.78. The minimum absolute atomic E-state index is 0.00128. The number of benzene rings is 1. The number of para-hydroxylation sites is 1. The van der Waals surface area contributed by atoms with Crippen molar-refractivity contribution in [1.29, 1.82) is 0 Å². The SMILES string of the molecule is CCCNCc1cccc(OCC)c1OCC(=O)NCC. The van der Waals surface area contributed by atoms with Crippen molar-refractivity contribution in [3.05, 3.63) is 23.8 Å². The summed E-state index contributed by atoms with van der Waals surface area (Å²) >= 11 is 0. The molecule has 1 amide bonds. The van der Waals surface area contributed by atoms with Gasteiger partial charge in [0.05, 0.1) is 6.61 Å². The number of hydrogen-bond donors (Lipinski definition) is 2. The lowest BCUT2D eigenvalue weighted by molar-refractivity contribution is -0.123. The summed E-state index contributed by atoms with van der Waals surface area (Å²) in [5.74, 6) is 1.20. The monoisotopic (exact) mass is 294 g/mol. The van der Waals surface area contributed by atoms with Gasteiger partial charge in [-0.25, -0.2) is 0 Å². The molecule has 118 valence electrons. The summed E-state index contributed by atoms with van der Waals surface area (Å²) in [5.41, 5.74) is 0.999. The van der Waals surface area contributed by atoms with Gasteiger partial charge in [0.1, 0.15) is 0 Å². The molecule has 0 radical (unpaired) electrons. The Morgan fingerprint density at radius 1 is 1.19 bits per heavy atom. The van der Waals surface area contributed by atoms with E-state index < -0.39 is 0 Å². The number of nitrogens with one attached hydrogen (secondary N) is 2. The zero-order chi connectivity index (χ0) is 15.5. The average molecular weight is 294 g/mol. The predicted molar refractivity (Wildman–Crippen MR) is 83.8 cm³/mol. The Morgan fingerprint density at radius 2 is 2.00 bits per heavy atom. The molecule has 0 saturated carbocycles. The Labute approximate surface area is 127 Å². The molecule has 5 nitrogen and oxygen atoms in total. The van der Waals surface area contributed by atoms with Crippen LogP contribution in [0.15, 0.2) is 18.2 Å². The predicted octanol–water partition coefficient (Wildman–Crippen LogP) is 2.10. The average Bonchev–Trinajstić information content (AvgIpc) is 2.47. The van der Waals surface area contributed by atoms with Gasteiger partial charge in [-0.3, -0.25) is 4.79 Å². The Hall–Kier alpha value is -1.75. The zero-order valence-electron chi connectivity index (χ0n) is 13.2. The minimum Gasteiger partial charge on any atom is -0.490 e. The van der Waals surface area contributed by atoms with Crippen molar-refractivity contribution in [2.45, 2.75) is 33.7 Å². The molecule has 1 aromatic rings. The first-order valence-electron chi connectivity index (χ1n) is 7.57. The van der Waals surface area contributed by atoms with E-state index in [1.807, 2.05) is 32.0 Å². The van der Waals surface area contributed by atoms with Crippen LogP contribution in [0.1, 0.15) is 32.8 Å². The van der Waals surface area contributed by atoms with Crippen LogP contribution in [0.2, 0.25) is 0 Å². The molecule has 0 atom stereocenters. The number of rotatable bonds is 10. The number of carbonyl (C=O) groups excluding carboxylic acids is 1. The van der Waals surface area contributed by atoms with E-state index >= 15 is 0 Å². The zero-order valence-corrected chi connectivity index (χ0v) is 13.2. The lowest BCUT2D eigenvalue weighted by atomic mass is 10.2. The molecule has 0 spiro atoms. The van der Waals surface area contributed by atoms with Crippen LogP contribution in [-0.4, -0.2) is 32.2 Å². The lowest BCUT2D eigenvalue weighted by Gasteiger charge is -2.16. The second kappa shape index (κ2) is 10.0. The van der Waals surface area contributed by atoms with Crippen LogP contribution in [0.4, 0.5) is 0 Å². The molecule has 0 unspecified atom stereocenters. The second-order valence-corrected chi connectivity index (χ2v) is 4.60. The molecule has 0 heterocycles. The van der Waals surface area contributed by atoms with Crippen molar-refractivity contribution in [3.8, 4) is 11.5 Å². The molecule has 0 aliphatic heterocycles. The van der Waals surface area contributed by atoms with E-state index in [2.05, 4.69) is 17.6 Å². The highest BCUT2D eigenvalue weighted by atomic mass is 16.5. The molecule has 2 N–H and O–H groups in total. The van der Waals surface area contributed by atoms with Crippen LogP contribution in [0, 0.1) is 0 Å². The van der Waals surface area contributed by atoms with E-state index in [-0.39, 0.29) is 12.5 Å². The molecular formula is C16H26N2O3. The van der Waals surface area contributed by atoms with Gasteiger partial charge in [-0.15, -0.1) is 0 Å². The van der Waals surface area contributed by atoms with Crippen molar-refractivity contribution >= 4 is 5.91 Å². The molecule has 0 saturated heterocycles. The van der Waals surface area contributed by atoms with Gasteiger partial charge in [0.2, 0.25) is 0 Å². The molecule has 21 heavy (non-hydrogen) atoms. The quantitative estimate of drug-likeness (QED) is 0.649. The van der Waals surface area contributed by atoms with E-state index in [1.54, 1.807) is 0 Å². The van der Waals surface area contributed by atoms with E-state index in [0.29, 0.717) is 31.2 Å².